The summed E-state index contributed by atoms with van der Waals surface area (Å²) in [6.07, 6.45) is 6.26. The average Bonchev–Trinajstić information content (AvgIpc) is 2.97. The maximum atomic E-state index is 6.25. The van der Waals surface area contributed by atoms with Crippen LogP contribution in [0.5, 0.6) is 0 Å². The van der Waals surface area contributed by atoms with E-state index in [9.17, 15) is 0 Å². The molecule has 1 aromatic rings. The van der Waals surface area contributed by atoms with Gasteiger partial charge >= 0.3 is 0 Å². The fourth-order valence-electron chi connectivity index (χ4n) is 3.42. The Morgan fingerprint density at radius 1 is 1.33 bits per heavy atom. The SMILES string of the molecule is CC1OCCC1(CCl)Cc1ccc2c(c1)CCC2. The summed E-state index contributed by atoms with van der Waals surface area (Å²) in [6.45, 7) is 3.03. The molecule has 0 amide bonds. The van der Waals surface area contributed by atoms with Gasteiger partial charge in [-0.1, -0.05) is 18.2 Å². The van der Waals surface area contributed by atoms with Crippen molar-refractivity contribution in [3.8, 4) is 0 Å². The van der Waals surface area contributed by atoms with Crippen LogP contribution in [0.4, 0.5) is 0 Å². The van der Waals surface area contributed by atoms with Crippen molar-refractivity contribution in [2.45, 2.75) is 45.1 Å². The lowest BCUT2D eigenvalue weighted by atomic mass is 9.78. The second-order valence-electron chi connectivity index (χ2n) is 5.89. The van der Waals surface area contributed by atoms with Crippen LogP contribution < -0.4 is 0 Å². The molecule has 0 aromatic heterocycles. The minimum Gasteiger partial charge on any atom is -0.378 e. The number of hydrogen-bond acceptors (Lipinski definition) is 1. The van der Waals surface area contributed by atoms with Crippen LogP contribution in [-0.4, -0.2) is 18.6 Å². The van der Waals surface area contributed by atoms with Gasteiger partial charge in [-0.15, -0.1) is 11.6 Å². The molecule has 0 radical (unpaired) electrons. The van der Waals surface area contributed by atoms with Crippen molar-refractivity contribution in [1.82, 2.24) is 0 Å². The second kappa shape index (κ2) is 4.86. The molecule has 2 aliphatic rings. The number of aryl methyl sites for hydroxylation is 2. The lowest BCUT2D eigenvalue weighted by Gasteiger charge is -2.30. The highest BCUT2D eigenvalue weighted by Crippen LogP contribution is 2.39. The Hall–Kier alpha value is -0.530. The Kier molecular flexibility index (Phi) is 3.38. The molecule has 0 saturated carbocycles. The van der Waals surface area contributed by atoms with Crippen LogP contribution >= 0.6 is 11.6 Å². The Morgan fingerprint density at radius 3 is 2.89 bits per heavy atom. The highest BCUT2D eigenvalue weighted by Gasteiger charge is 2.40. The van der Waals surface area contributed by atoms with Crippen molar-refractivity contribution >= 4 is 11.6 Å². The van der Waals surface area contributed by atoms with Gasteiger partial charge in [0.05, 0.1) is 6.10 Å². The summed E-state index contributed by atoms with van der Waals surface area (Å²) in [5.41, 5.74) is 4.70. The lowest BCUT2D eigenvalue weighted by Crippen LogP contribution is -2.33. The normalized spacial score (nSPS) is 30.7. The molecule has 1 fully saturated rings. The number of halogens is 1. The summed E-state index contributed by atoms with van der Waals surface area (Å²) in [5, 5.41) is 0. The predicted molar refractivity (Wildman–Crippen MR) is 75.4 cm³/mol. The molecule has 0 bridgehead atoms. The van der Waals surface area contributed by atoms with Gasteiger partial charge in [-0.05, 0) is 55.7 Å². The molecule has 1 aliphatic heterocycles. The van der Waals surface area contributed by atoms with Crippen LogP contribution in [-0.2, 0) is 24.0 Å². The van der Waals surface area contributed by atoms with E-state index in [1.807, 2.05) is 0 Å². The summed E-state index contributed by atoms with van der Waals surface area (Å²) in [4.78, 5) is 0. The molecule has 98 valence electrons. The van der Waals surface area contributed by atoms with E-state index in [1.54, 1.807) is 11.1 Å². The maximum absolute atomic E-state index is 6.25. The first-order chi connectivity index (χ1) is 8.73. The highest BCUT2D eigenvalue weighted by atomic mass is 35.5. The van der Waals surface area contributed by atoms with Gasteiger partial charge in [0.1, 0.15) is 0 Å². The zero-order valence-electron chi connectivity index (χ0n) is 11.0. The summed E-state index contributed by atoms with van der Waals surface area (Å²) in [7, 11) is 0. The summed E-state index contributed by atoms with van der Waals surface area (Å²) < 4.78 is 5.74. The van der Waals surface area contributed by atoms with Crippen LogP contribution in [0.3, 0.4) is 0 Å². The molecular weight excluding hydrogens is 244 g/mol. The predicted octanol–water partition coefficient (Wildman–Crippen LogP) is 3.75. The molecule has 0 spiro atoms. The number of hydrogen-bond donors (Lipinski definition) is 0. The summed E-state index contributed by atoms with van der Waals surface area (Å²) in [6, 6.07) is 7.02. The third kappa shape index (κ3) is 2.08. The van der Waals surface area contributed by atoms with Gasteiger partial charge in [-0.3, -0.25) is 0 Å². The Morgan fingerprint density at radius 2 is 2.17 bits per heavy atom. The Balaban J connectivity index is 1.83. The van der Waals surface area contributed by atoms with Crippen molar-refractivity contribution in [2.75, 3.05) is 12.5 Å². The van der Waals surface area contributed by atoms with Gasteiger partial charge in [-0.2, -0.15) is 0 Å². The van der Waals surface area contributed by atoms with Gasteiger partial charge < -0.3 is 4.74 Å². The zero-order valence-corrected chi connectivity index (χ0v) is 11.8. The van der Waals surface area contributed by atoms with Crippen molar-refractivity contribution in [2.24, 2.45) is 5.41 Å². The first kappa shape index (κ1) is 12.5. The van der Waals surface area contributed by atoms with Gasteiger partial charge in [0, 0.05) is 17.9 Å². The first-order valence-electron chi connectivity index (χ1n) is 7.02. The number of alkyl halides is 1. The van der Waals surface area contributed by atoms with Crippen molar-refractivity contribution in [1.29, 1.82) is 0 Å². The van der Waals surface area contributed by atoms with E-state index >= 15 is 0 Å². The van der Waals surface area contributed by atoms with Gasteiger partial charge in [0.25, 0.3) is 0 Å². The Labute approximate surface area is 114 Å². The fraction of sp³-hybridized carbons (Fsp3) is 0.625. The van der Waals surface area contributed by atoms with E-state index in [0.717, 1.165) is 19.4 Å². The van der Waals surface area contributed by atoms with E-state index < -0.39 is 0 Å². The van der Waals surface area contributed by atoms with Crippen LogP contribution in [0.1, 0.15) is 36.5 Å². The molecule has 18 heavy (non-hydrogen) atoms. The largest absolute Gasteiger partial charge is 0.378 e. The van der Waals surface area contributed by atoms with Crippen LogP contribution in [0.25, 0.3) is 0 Å². The smallest absolute Gasteiger partial charge is 0.0618 e. The molecule has 0 N–H and O–H groups in total. The Bertz CT molecular complexity index is 443. The van der Waals surface area contributed by atoms with E-state index in [0.29, 0.717) is 5.88 Å². The second-order valence-corrected chi connectivity index (χ2v) is 6.16. The van der Waals surface area contributed by atoms with Gasteiger partial charge in [0.2, 0.25) is 0 Å². The highest BCUT2D eigenvalue weighted by molar-refractivity contribution is 6.18. The molecule has 2 heteroatoms. The average molecular weight is 265 g/mol. The third-order valence-electron chi connectivity index (χ3n) is 4.82. The standard InChI is InChI=1S/C16H21ClO/c1-12-16(11-17,7-8-18-12)10-13-5-6-14-3-2-4-15(14)9-13/h5-6,9,12H,2-4,7-8,10-11H2,1H3. The number of ether oxygens (including phenoxy) is 1. The molecule has 1 aromatic carbocycles. The molecule has 3 rings (SSSR count). The summed E-state index contributed by atoms with van der Waals surface area (Å²) in [5.74, 6) is 0.700. The number of rotatable bonds is 3. The number of fused-ring (bicyclic) bond motifs is 1. The topological polar surface area (TPSA) is 9.23 Å². The molecule has 2 atom stereocenters. The fourth-order valence-corrected chi connectivity index (χ4v) is 3.86. The van der Waals surface area contributed by atoms with Crippen LogP contribution in [0.2, 0.25) is 0 Å². The third-order valence-corrected chi connectivity index (χ3v) is 5.35. The minimum absolute atomic E-state index is 0.147. The van der Waals surface area contributed by atoms with Crippen molar-refractivity contribution in [3.63, 3.8) is 0 Å². The van der Waals surface area contributed by atoms with E-state index in [4.69, 9.17) is 16.3 Å². The van der Waals surface area contributed by atoms with Gasteiger partial charge in [0.15, 0.2) is 0 Å². The molecule has 1 saturated heterocycles. The molecule has 1 aliphatic carbocycles. The molecule has 1 heterocycles. The van der Waals surface area contributed by atoms with Crippen molar-refractivity contribution < 1.29 is 4.74 Å². The zero-order chi connectivity index (χ0) is 12.6. The van der Waals surface area contributed by atoms with E-state index in [-0.39, 0.29) is 11.5 Å². The molecule has 1 nitrogen and oxygen atoms in total. The van der Waals surface area contributed by atoms with Gasteiger partial charge in [-0.25, -0.2) is 0 Å². The molecular formula is C16H21ClO. The van der Waals surface area contributed by atoms with E-state index in [1.165, 1.54) is 24.8 Å². The molecule has 2 unspecified atom stereocenters. The van der Waals surface area contributed by atoms with E-state index in [2.05, 4.69) is 25.1 Å². The lowest BCUT2D eigenvalue weighted by molar-refractivity contribution is 0.0735. The monoisotopic (exact) mass is 264 g/mol. The first-order valence-corrected chi connectivity index (χ1v) is 7.55. The minimum atomic E-state index is 0.147. The van der Waals surface area contributed by atoms with Crippen LogP contribution in [0, 0.1) is 5.41 Å². The summed E-state index contributed by atoms with van der Waals surface area (Å²) >= 11 is 6.25. The number of benzene rings is 1. The quantitative estimate of drug-likeness (QED) is 0.756. The van der Waals surface area contributed by atoms with Crippen molar-refractivity contribution in [3.05, 3.63) is 34.9 Å². The van der Waals surface area contributed by atoms with Crippen LogP contribution in [0.15, 0.2) is 18.2 Å². The maximum Gasteiger partial charge on any atom is 0.0618 e.